The number of methoxy groups -OCH3 is 1. The Morgan fingerprint density at radius 1 is 1.04 bits per heavy atom. The highest BCUT2D eigenvalue weighted by atomic mass is 32.2. The molecule has 0 amide bonds. The van der Waals surface area contributed by atoms with Crippen molar-refractivity contribution < 1.29 is 17.9 Å². The molecule has 1 aromatic carbocycles. The maximum atomic E-state index is 12.5. The van der Waals surface area contributed by atoms with Gasteiger partial charge in [-0.25, -0.2) is 18.1 Å². The van der Waals surface area contributed by atoms with Crippen molar-refractivity contribution in [3.63, 3.8) is 0 Å². The monoisotopic (exact) mass is 362 g/mol. The molecule has 2 aromatic rings. The fourth-order valence-electron chi connectivity index (χ4n) is 2.93. The Morgan fingerprint density at radius 2 is 1.76 bits per heavy atom. The summed E-state index contributed by atoms with van der Waals surface area (Å²) in [6, 6.07) is 11.9. The average molecular weight is 362 g/mol. The summed E-state index contributed by atoms with van der Waals surface area (Å²) in [7, 11) is -1.97. The van der Waals surface area contributed by atoms with E-state index < -0.39 is 10.0 Å². The first-order chi connectivity index (χ1) is 12.1. The lowest BCUT2D eigenvalue weighted by molar-refractivity contribution is 0.138. The lowest BCUT2D eigenvalue weighted by Gasteiger charge is -2.29. The molecule has 1 heterocycles. The molecule has 1 N–H and O–H groups in total. The SMILES string of the molecule is COc1ccc(S(=O)(=O)NC2CCC(Oc3ccccn3)CC2)cc1. The minimum Gasteiger partial charge on any atom is -0.497 e. The van der Waals surface area contributed by atoms with Crippen molar-refractivity contribution in [3.8, 4) is 11.6 Å². The van der Waals surface area contributed by atoms with Crippen LogP contribution in [0.15, 0.2) is 53.6 Å². The summed E-state index contributed by atoms with van der Waals surface area (Å²) < 4.78 is 38.7. The molecule has 6 nitrogen and oxygen atoms in total. The second-order valence-corrected chi connectivity index (χ2v) is 7.77. The Morgan fingerprint density at radius 3 is 2.36 bits per heavy atom. The molecule has 25 heavy (non-hydrogen) atoms. The van der Waals surface area contributed by atoms with E-state index in [4.69, 9.17) is 9.47 Å². The number of rotatable bonds is 6. The Hall–Kier alpha value is -2.12. The summed E-state index contributed by atoms with van der Waals surface area (Å²) in [6.07, 6.45) is 4.86. The van der Waals surface area contributed by atoms with Gasteiger partial charge in [0.2, 0.25) is 15.9 Å². The minimum atomic E-state index is -3.52. The number of nitrogens with one attached hydrogen (secondary N) is 1. The van der Waals surface area contributed by atoms with Gasteiger partial charge in [-0.2, -0.15) is 0 Å². The van der Waals surface area contributed by atoms with Gasteiger partial charge < -0.3 is 9.47 Å². The number of nitrogens with zero attached hydrogens (tertiary/aromatic N) is 1. The van der Waals surface area contributed by atoms with Crippen LogP contribution in [0.1, 0.15) is 25.7 Å². The number of pyridine rings is 1. The Bertz CT molecular complexity index is 770. The molecule has 0 aliphatic heterocycles. The fourth-order valence-corrected chi connectivity index (χ4v) is 4.23. The molecule has 0 atom stereocenters. The normalized spacial score (nSPS) is 20.8. The molecule has 0 unspecified atom stereocenters. The molecule has 0 bridgehead atoms. The van der Waals surface area contributed by atoms with E-state index in [0.29, 0.717) is 11.6 Å². The molecule has 1 fully saturated rings. The summed E-state index contributed by atoms with van der Waals surface area (Å²) in [6.45, 7) is 0. The van der Waals surface area contributed by atoms with Crippen molar-refractivity contribution in [1.29, 1.82) is 0 Å². The van der Waals surface area contributed by atoms with Crippen LogP contribution in [-0.2, 0) is 10.0 Å². The topological polar surface area (TPSA) is 77.5 Å². The first kappa shape index (κ1) is 17.7. The van der Waals surface area contributed by atoms with Crippen LogP contribution >= 0.6 is 0 Å². The van der Waals surface area contributed by atoms with E-state index in [1.54, 1.807) is 37.6 Å². The molecule has 3 rings (SSSR count). The van der Waals surface area contributed by atoms with Crippen molar-refractivity contribution in [3.05, 3.63) is 48.7 Å². The van der Waals surface area contributed by atoms with Gasteiger partial charge in [-0.3, -0.25) is 0 Å². The molecule has 1 aromatic heterocycles. The van der Waals surface area contributed by atoms with Gasteiger partial charge >= 0.3 is 0 Å². The van der Waals surface area contributed by atoms with Crippen LogP contribution in [0.5, 0.6) is 11.6 Å². The number of sulfonamides is 1. The molecule has 134 valence electrons. The summed E-state index contributed by atoms with van der Waals surface area (Å²) in [5.74, 6) is 1.25. The van der Waals surface area contributed by atoms with E-state index in [1.807, 2.05) is 18.2 Å². The predicted molar refractivity (Wildman–Crippen MR) is 94.2 cm³/mol. The zero-order valence-electron chi connectivity index (χ0n) is 14.1. The van der Waals surface area contributed by atoms with Crippen molar-refractivity contribution in [2.45, 2.75) is 42.7 Å². The van der Waals surface area contributed by atoms with Gasteiger partial charge in [0.1, 0.15) is 11.9 Å². The fraction of sp³-hybridized carbons (Fsp3) is 0.389. The highest BCUT2D eigenvalue weighted by Crippen LogP contribution is 2.24. The predicted octanol–water partition coefficient (Wildman–Crippen LogP) is 2.76. The molecule has 1 aliphatic rings. The van der Waals surface area contributed by atoms with Gasteiger partial charge in [-0.15, -0.1) is 0 Å². The maximum Gasteiger partial charge on any atom is 0.240 e. The Balaban J connectivity index is 1.54. The third-order valence-electron chi connectivity index (χ3n) is 4.29. The van der Waals surface area contributed by atoms with Gasteiger partial charge in [0.25, 0.3) is 0 Å². The highest BCUT2D eigenvalue weighted by molar-refractivity contribution is 7.89. The average Bonchev–Trinajstić information content (AvgIpc) is 2.64. The molecule has 7 heteroatoms. The van der Waals surface area contributed by atoms with Crippen LogP contribution in [0.25, 0.3) is 0 Å². The largest absolute Gasteiger partial charge is 0.497 e. The second-order valence-electron chi connectivity index (χ2n) is 6.06. The van der Waals surface area contributed by atoms with Crippen LogP contribution in [0, 0.1) is 0 Å². The standard InChI is InChI=1S/C18H22N2O4S/c1-23-15-9-11-17(12-10-15)25(21,22)20-14-5-7-16(8-6-14)24-18-4-2-3-13-19-18/h2-4,9-14,16,20H,5-8H2,1H3. The van der Waals surface area contributed by atoms with E-state index in [0.717, 1.165) is 25.7 Å². The summed E-state index contributed by atoms with van der Waals surface area (Å²) >= 11 is 0. The lowest BCUT2D eigenvalue weighted by Crippen LogP contribution is -2.39. The van der Waals surface area contributed by atoms with Crippen LogP contribution in [-0.4, -0.2) is 32.7 Å². The van der Waals surface area contributed by atoms with Crippen LogP contribution in [0.2, 0.25) is 0 Å². The van der Waals surface area contributed by atoms with Crippen molar-refractivity contribution in [1.82, 2.24) is 9.71 Å². The van der Waals surface area contributed by atoms with Crippen LogP contribution < -0.4 is 14.2 Å². The number of aromatic nitrogens is 1. The molecular weight excluding hydrogens is 340 g/mol. The van der Waals surface area contributed by atoms with Gasteiger partial charge in [0.15, 0.2) is 0 Å². The Kier molecular flexibility index (Phi) is 5.55. The number of benzene rings is 1. The van der Waals surface area contributed by atoms with E-state index in [-0.39, 0.29) is 17.0 Å². The van der Waals surface area contributed by atoms with Gasteiger partial charge in [-0.1, -0.05) is 6.07 Å². The molecule has 1 saturated carbocycles. The maximum absolute atomic E-state index is 12.5. The van der Waals surface area contributed by atoms with E-state index >= 15 is 0 Å². The third-order valence-corrected chi connectivity index (χ3v) is 5.83. The van der Waals surface area contributed by atoms with E-state index in [2.05, 4.69) is 9.71 Å². The first-order valence-corrected chi connectivity index (χ1v) is 9.79. The van der Waals surface area contributed by atoms with Gasteiger partial charge in [0, 0.05) is 18.3 Å². The second kappa shape index (κ2) is 7.84. The smallest absolute Gasteiger partial charge is 0.240 e. The van der Waals surface area contributed by atoms with Crippen molar-refractivity contribution >= 4 is 10.0 Å². The molecule has 0 saturated heterocycles. The first-order valence-electron chi connectivity index (χ1n) is 8.31. The molecule has 1 aliphatic carbocycles. The number of ether oxygens (including phenoxy) is 2. The van der Waals surface area contributed by atoms with Crippen LogP contribution in [0.3, 0.4) is 0 Å². The summed E-state index contributed by atoms with van der Waals surface area (Å²) in [5, 5.41) is 0. The minimum absolute atomic E-state index is 0.0734. The van der Waals surface area contributed by atoms with Gasteiger partial charge in [-0.05, 0) is 56.0 Å². The molecular formula is C18H22N2O4S. The Labute approximate surface area is 148 Å². The highest BCUT2D eigenvalue weighted by Gasteiger charge is 2.26. The quantitative estimate of drug-likeness (QED) is 0.855. The molecule has 0 radical (unpaired) electrons. The molecule has 0 spiro atoms. The van der Waals surface area contributed by atoms with Crippen LogP contribution in [0.4, 0.5) is 0 Å². The number of hydrogen-bond acceptors (Lipinski definition) is 5. The number of hydrogen-bond donors (Lipinski definition) is 1. The lowest BCUT2D eigenvalue weighted by atomic mass is 9.94. The van der Waals surface area contributed by atoms with Crippen molar-refractivity contribution in [2.24, 2.45) is 0 Å². The zero-order chi connectivity index (χ0) is 17.7. The van der Waals surface area contributed by atoms with Crippen molar-refractivity contribution in [2.75, 3.05) is 7.11 Å². The van der Waals surface area contributed by atoms with E-state index in [1.165, 1.54) is 0 Å². The zero-order valence-corrected chi connectivity index (χ0v) is 14.9. The van der Waals surface area contributed by atoms with E-state index in [9.17, 15) is 8.42 Å². The summed E-state index contributed by atoms with van der Waals surface area (Å²) in [5.41, 5.74) is 0. The third kappa shape index (κ3) is 4.70. The summed E-state index contributed by atoms with van der Waals surface area (Å²) in [4.78, 5) is 4.41. The van der Waals surface area contributed by atoms with Gasteiger partial charge in [0.05, 0.1) is 12.0 Å².